The average Bonchev–Trinajstić information content (AvgIpc) is 2.52. The van der Waals surface area contributed by atoms with Gasteiger partial charge in [-0.2, -0.15) is 0 Å². The van der Waals surface area contributed by atoms with Gasteiger partial charge in [0.25, 0.3) is 11.8 Å². The van der Waals surface area contributed by atoms with Crippen molar-refractivity contribution in [1.82, 2.24) is 10.6 Å². The van der Waals surface area contributed by atoms with Crippen molar-refractivity contribution in [2.24, 2.45) is 0 Å². The van der Waals surface area contributed by atoms with E-state index in [0.717, 1.165) is 6.42 Å². The van der Waals surface area contributed by atoms with Gasteiger partial charge in [-0.05, 0) is 31.5 Å². The van der Waals surface area contributed by atoms with Crippen LogP contribution in [0.15, 0.2) is 18.2 Å². The predicted molar refractivity (Wildman–Crippen MR) is 87.6 cm³/mol. The zero-order valence-corrected chi connectivity index (χ0v) is 14.3. The molecule has 0 unspecified atom stereocenters. The minimum atomic E-state index is -0.710. The first kappa shape index (κ1) is 19.3. The zero-order chi connectivity index (χ0) is 17.4. The Morgan fingerprint density at radius 1 is 1.22 bits per heavy atom. The predicted octanol–water partition coefficient (Wildman–Crippen LogP) is 2.18. The second-order valence-electron chi connectivity index (χ2n) is 4.85. The number of nitrogens with one attached hydrogen (secondary N) is 2. The lowest BCUT2D eigenvalue weighted by Crippen LogP contribution is -2.37. The van der Waals surface area contributed by atoms with Crippen molar-refractivity contribution >= 4 is 41.0 Å². The number of carbonyl (C=O) groups is 3. The van der Waals surface area contributed by atoms with Gasteiger partial charge in [0.1, 0.15) is 6.54 Å². The van der Waals surface area contributed by atoms with Gasteiger partial charge in [-0.3, -0.25) is 14.4 Å². The molecule has 0 fully saturated rings. The number of ether oxygens (including phenoxy) is 1. The SMILES string of the molecule is CC[C@H](C)NC(=O)COC(=O)CNC(=O)c1ccc(Cl)c(Cl)c1. The Hall–Kier alpha value is -1.79. The van der Waals surface area contributed by atoms with Gasteiger partial charge in [0.15, 0.2) is 6.61 Å². The highest BCUT2D eigenvalue weighted by atomic mass is 35.5. The van der Waals surface area contributed by atoms with Crippen LogP contribution in [0.2, 0.25) is 10.0 Å². The Labute approximate surface area is 144 Å². The normalized spacial score (nSPS) is 11.5. The van der Waals surface area contributed by atoms with E-state index >= 15 is 0 Å². The summed E-state index contributed by atoms with van der Waals surface area (Å²) in [6.45, 7) is 3.04. The van der Waals surface area contributed by atoms with Crippen molar-refractivity contribution < 1.29 is 19.1 Å². The van der Waals surface area contributed by atoms with Crippen LogP contribution in [-0.4, -0.2) is 37.0 Å². The quantitative estimate of drug-likeness (QED) is 0.729. The molecule has 0 aliphatic rings. The fourth-order valence-electron chi connectivity index (χ4n) is 1.51. The van der Waals surface area contributed by atoms with Crippen LogP contribution < -0.4 is 10.6 Å². The second-order valence-corrected chi connectivity index (χ2v) is 5.66. The molecule has 1 aromatic carbocycles. The highest BCUT2D eigenvalue weighted by Gasteiger charge is 2.12. The van der Waals surface area contributed by atoms with Crippen LogP contribution in [0.1, 0.15) is 30.6 Å². The van der Waals surface area contributed by atoms with Crippen LogP contribution in [0.4, 0.5) is 0 Å². The summed E-state index contributed by atoms with van der Waals surface area (Å²) in [6, 6.07) is 4.37. The van der Waals surface area contributed by atoms with E-state index in [4.69, 9.17) is 27.9 Å². The lowest BCUT2D eigenvalue weighted by atomic mass is 10.2. The number of esters is 1. The van der Waals surface area contributed by atoms with Gasteiger partial charge in [-0.25, -0.2) is 0 Å². The molecule has 1 atom stereocenters. The first-order chi connectivity index (χ1) is 10.8. The van der Waals surface area contributed by atoms with Crippen LogP contribution in [0.3, 0.4) is 0 Å². The third-order valence-corrected chi connectivity index (χ3v) is 3.70. The van der Waals surface area contributed by atoms with Crippen molar-refractivity contribution in [3.05, 3.63) is 33.8 Å². The molecule has 23 heavy (non-hydrogen) atoms. The van der Waals surface area contributed by atoms with Gasteiger partial charge in [0.05, 0.1) is 10.0 Å². The van der Waals surface area contributed by atoms with Gasteiger partial charge in [0.2, 0.25) is 0 Å². The lowest BCUT2D eigenvalue weighted by molar-refractivity contribution is -0.147. The van der Waals surface area contributed by atoms with E-state index in [0.29, 0.717) is 5.02 Å². The third-order valence-electron chi connectivity index (χ3n) is 2.96. The number of benzene rings is 1. The van der Waals surface area contributed by atoms with E-state index in [1.54, 1.807) is 0 Å². The van der Waals surface area contributed by atoms with Gasteiger partial charge >= 0.3 is 5.97 Å². The minimum absolute atomic E-state index is 0.00978. The molecule has 0 aliphatic carbocycles. The maximum Gasteiger partial charge on any atom is 0.325 e. The van der Waals surface area contributed by atoms with E-state index in [9.17, 15) is 14.4 Å². The molecule has 126 valence electrons. The van der Waals surface area contributed by atoms with E-state index in [-0.39, 0.29) is 35.7 Å². The van der Waals surface area contributed by atoms with Crippen LogP contribution in [0.5, 0.6) is 0 Å². The highest BCUT2D eigenvalue weighted by Crippen LogP contribution is 2.22. The summed E-state index contributed by atoms with van der Waals surface area (Å²) < 4.78 is 4.77. The number of halogens is 2. The molecule has 6 nitrogen and oxygen atoms in total. The van der Waals surface area contributed by atoms with Crippen molar-refractivity contribution in [2.45, 2.75) is 26.3 Å². The van der Waals surface area contributed by atoms with Crippen molar-refractivity contribution in [2.75, 3.05) is 13.2 Å². The molecule has 2 N–H and O–H groups in total. The molecule has 0 bridgehead atoms. The largest absolute Gasteiger partial charge is 0.454 e. The Bertz CT molecular complexity index is 593. The molecule has 0 aromatic heterocycles. The minimum Gasteiger partial charge on any atom is -0.454 e. The summed E-state index contributed by atoms with van der Waals surface area (Å²) in [5.74, 6) is -1.59. The number of hydrogen-bond acceptors (Lipinski definition) is 4. The van der Waals surface area contributed by atoms with Gasteiger partial charge in [-0.1, -0.05) is 30.1 Å². The summed E-state index contributed by atoms with van der Waals surface area (Å²) in [4.78, 5) is 34.8. The maximum atomic E-state index is 11.8. The Balaban J connectivity index is 2.36. The molecule has 0 aliphatic heterocycles. The van der Waals surface area contributed by atoms with E-state index in [1.807, 2.05) is 13.8 Å². The third kappa shape index (κ3) is 6.88. The van der Waals surface area contributed by atoms with Crippen molar-refractivity contribution in [1.29, 1.82) is 0 Å². The zero-order valence-electron chi connectivity index (χ0n) is 12.8. The van der Waals surface area contributed by atoms with Crippen LogP contribution >= 0.6 is 23.2 Å². The molecular weight excluding hydrogens is 343 g/mol. The Morgan fingerprint density at radius 3 is 2.52 bits per heavy atom. The lowest BCUT2D eigenvalue weighted by Gasteiger charge is -2.11. The monoisotopic (exact) mass is 360 g/mol. The summed E-state index contributed by atoms with van der Waals surface area (Å²) in [5.41, 5.74) is 0.265. The summed E-state index contributed by atoms with van der Waals surface area (Å²) >= 11 is 11.6. The molecule has 0 saturated heterocycles. The first-order valence-corrected chi connectivity index (χ1v) is 7.77. The van der Waals surface area contributed by atoms with Crippen LogP contribution in [0.25, 0.3) is 0 Å². The topological polar surface area (TPSA) is 84.5 Å². The summed E-state index contributed by atoms with van der Waals surface area (Å²) in [6.07, 6.45) is 0.777. The smallest absolute Gasteiger partial charge is 0.325 e. The number of amides is 2. The molecular formula is C15H18Cl2N2O4. The fourth-order valence-corrected chi connectivity index (χ4v) is 1.81. The van der Waals surface area contributed by atoms with Crippen LogP contribution in [-0.2, 0) is 14.3 Å². The van der Waals surface area contributed by atoms with E-state index < -0.39 is 11.9 Å². The molecule has 1 rings (SSSR count). The Morgan fingerprint density at radius 2 is 1.91 bits per heavy atom. The molecule has 1 aromatic rings. The Kier molecular flexibility index (Phi) is 7.85. The summed E-state index contributed by atoms with van der Waals surface area (Å²) in [5, 5.41) is 5.60. The summed E-state index contributed by atoms with van der Waals surface area (Å²) in [7, 11) is 0. The highest BCUT2D eigenvalue weighted by molar-refractivity contribution is 6.42. The van der Waals surface area contributed by atoms with Gasteiger partial charge in [-0.15, -0.1) is 0 Å². The maximum absolute atomic E-state index is 11.8. The second kappa shape index (κ2) is 9.37. The molecule has 2 amide bonds. The van der Waals surface area contributed by atoms with E-state index in [1.165, 1.54) is 18.2 Å². The van der Waals surface area contributed by atoms with Gasteiger partial charge in [0, 0.05) is 11.6 Å². The molecule has 0 saturated carbocycles. The van der Waals surface area contributed by atoms with Crippen molar-refractivity contribution in [3.63, 3.8) is 0 Å². The molecule has 0 radical (unpaired) electrons. The standard InChI is InChI=1S/C15H18Cl2N2O4/c1-3-9(2)19-13(20)8-23-14(21)7-18-15(22)10-4-5-11(16)12(17)6-10/h4-6,9H,3,7-8H2,1-2H3,(H,18,22)(H,19,20)/t9-/m0/s1. The molecule has 0 heterocycles. The first-order valence-electron chi connectivity index (χ1n) is 7.01. The fraction of sp³-hybridized carbons (Fsp3) is 0.400. The van der Waals surface area contributed by atoms with Crippen LogP contribution in [0, 0.1) is 0 Å². The average molecular weight is 361 g/mol. The molecule has 8 heteroatoms. The van der Waals surface area contributed by atoms with E-state index in [2.05, 4.69) is 10.6 Å². The van der Waals surface area contributed by atoms with Crippen molar-refractivity contribution in [3.8, 4) is 0 Å². The number of hydrogen-bond donors (Lipinski definition) is 2. The molecule has 0 spiro atoms. The van der Waals surface area contributed by atoms with Gasteiger partial charge < -0.3 is 15.4 Å². The number of carbonyl (C=O) groups excluding carboxylic acids is 3. The number of rotatable bonds is 7.